The first-order valence-electron chi connectivity index (χ1n) is 10.4. The number of aromatic amines is 2. The Morgan fingerprint density at radius 1 is 0.941 bits per heavy atom. The molecule has 0 bridgehead atoms. The first-order chi connectivity index (χ1) is 16.3. The molecule has 5 rings (SSSR count). The van der Waals surface area contributed by atoms with Crippen molar-refractivity contribution in [3.8, 4) is 17.3 Å². The van der Waals surface area contributed by atoms with Crippen molar-refractivity contribution in [1.29, 1.82) is 0 Å². The lowest BCUT2D eigenvalue weighted by atomic mass is 10.0. The van der Waals surface area contributed by atoms with E-state index in [1.807, 2.05) is 18.2 Å². The molecule has 172 valence electrons. The fourth-order valence-electron chi connectivity index (χ4n) is 3.74. The smallest absolute Gasteiger partial charge is 0.322 e. The van der Waals surface area contributed by atoms with E-state index in [1.54, 1.807) is 18.2 Å². The molecule has 0 spiro atoms. The standard InChI is InChI=1S/C24H17F4N5O/c25-16-9-5-14(6-10-16)7-11-17-21(20-12-8-15(13-29-20)24(26,27)28)32-33(22(17)34)23-30-18-3-1-2-4-19(18)31-23/h1-6,8-10,12-13,32H,7,11H2,(H,30,31). The monoisotopic (exact) mass is 467 g/mol. The van der Waals surface area contributed by atoms with Crippen LogP contribution >= 0.6 is 0 Å². The van der Waals surface area contributed by atoms with Gasteiger partial charge in [0.05, 0.1) is 28.0 Å². The number of hydrogen-bond acceptors (Lipinski definition) is 3. The molecule has 0 saturated heterocycles. The number of imidazole rings is 1. The van der Waals surface area contributed by atoms with E-state index in [-0.39, 0.29) is 23.9 Å². The van der Waals surface area contributed by atoms with Gasteiger partial charge in [0.2, 0.25) is 5.95 Å². The van der Waals surface area contributed by atoms with Crippen LogP contribution in [0.3, 0.4) is 0 Å². The molecule has 10 heteroatoms. The van der Waals surface area contributed by atoms with Crippen LogP contribution in [0.4, 0.5) is 17.6 Å². The number of benzene rings is 2. The molecule has 2 aromatic carbocycles. The Morgan fingerprint density at radius 2 is 1.71 bits per heavy atom. The predicted molar refractivity (Wildman–Crippen MR) is 118 cm³/mol. The Bertz CT molecular complexity index is 1480. The molecule has 0 saturated carbocycles. The Morgan fingerprint density at radius 3 is 2.38 bits per heavy atom. The van der Waals surface area contributed by atoms with E-state index in [1.165, 1.54) is 22.9 Å². The number of pyridine rings is 1. The summed E-state index contributed by atoms with van der Waals surface area (Å²) in [6.07, 6.45) is -3.12. The highest BCUT2D eigenvalue weighted by molar-refractivity contribution is 5.76. The van der Waals surface area contributed by atoms with Crippen molar-refractivity contribution < 1.29 is 17.6 Å². The number of alkyl halides is 3. The normalized spacial score (nSPS) is 11.9. The molecule has 0 atom stereocenters. The predicted octanol–water partition coefficient (Wildman–Crippen LogP) is 5.05. The van der Waals surface area contributed by atoms with Crippen LogP contribution < -0.4 is 5.56 Å². The van der Waals surface area contributed by atoms with E-state index in [2.05, 4.69) is 20.1 Å². The van der Waals surface area contributed by atoms with E-state index in [0.717, 1.165) is 23.3 Å². The van der Waals surface area contributed by atoms with Crippen molar-refractivity contribution in [2.24, 2.45) is 0 Å². The molecule has 3 heterocycles. The molecule has 0 aliphatic heterocycles. The van der Waals surface area contributed by atoms with E-state index >= 15 is 0 Å². The second-order valence-electron chi connectivity index (χ2n) is 7.74. The number of H-pyrrole nitrogens is 2. The number of hydrogen-bond donors (Lipinski definition) is 2. The zero-order chi connectivity index (χ0) is 23.9. The number of halogens is 4. The lowest BCUT2D eigenvalue weighted by Gasteiger charge is -2.07. The molecule has 0 radical (unpaired) electrons. The molecule has 34 heavy (non-hydrogen) atoms. The Balaban J connectivity index is 1.58. The fraction of sp³-hybridized carbons (Fsp3) is 0.125. The molecule has 5 aromatic rings. The number of fused-ring (bicyclic) bond motifs is 1. The van der Waals surface area contributed by atoms with E-state index in [0.29, 0.717) is 23.2 Å². The van der Waals surface area contributed by atoms with Crippen molar-refractivity contribution in [2.45, 2.75) is 19.0 Å². The Kier molecular flexibility index (Phi) is 5.27. The van der Waals surface area contributed by atoms with Crippen molar-refractivity contribution in [1.82, 2.24) is 24.7 Å². The number of rotatable bonds is 5. The molecule has 0 aliphatic carbocycles. The van der Waals surface area contributed by atoms with Gasteiger partial charge in [0, 0.05) is 11.8 Å². The van der Waals surface area contributed by atoms with Crippen molar-refractivity contribution in [3.63, 3.8) is 0 Å². The zero-order valence-electron chi connectivity index (χ0n) is 17.5. The molecular weight excluding hydrogens is 450 g/mol. The highest BCUT2D eigenvalue weighted by Crippen LogP contribution is 2.30. The molecule has 2 N–H and O–H groups in total. The molecule has 0 fully saturated rings. The van der Waals surface area contributed by atoms with E-state index in [9.17, 15) is 22.4 Å². The third-order valence-corrected chi connectivity index (χ3v) is 5.50. The Labute approximate surface area is 189 Å². The summed E-state index contributed by atoms with van der Waals surface area (Å²) in [6.45, 7) is 0. The van der Waals surface area contributed by atoms with Gasteiger partial charge >= 0.3 is 6.18 Å². The minimum atomic E-state index is -4.52. The summed E-state index contributed by atoms with van der Waals surface area (Å²) < 4.78 is 53.4. The largest absolute Gasteiger partial charge is 0.417 e. The lowest BCUT2D eigenvalue weighted by molar-refractivity contribution is -0.137. The van der Waals surface area contributed by atoms with E-state index < -0.39 is 17.3 Å². The zero-order valence-corrected chi connectivity index (χ0v) is 17.5. The van der Waals surface area contributed by atoms with Gasteiger partial charge in [-0.05, 0) is 54.8 Å². The van der Waals surface area contributed by atoms with Crippen LogP contribution in [-0.4, -0.2) is 24.7 Å². The van der Waals surface area contributed by atoms with Gasteiger partial charge in [-0.25, -0.2) is 9.37 Å². The fourth-order valence-corrected chi connectivity index (χ4v) is 3.74. The van der Waals surface area contributed by atoms with Crippen molar-refractivity contribution >= 4 is 11.0 Å². The quantitative estimate of drug-likeness (QED) is 0.355. The average Bonchev–Trinajstić information content (AvgIpc) is 3.39. The molecule has 0 unspecified atom stereocenters. The maximum Gasteiger partial charge on any atom is 0.417 e. The summed E-state index contributed by atoms with van der Waals surface area (Å²) in [7, 11) is 0. The second kappa shape index (κ2) is 8.29. The lowest BCUT2D eigenvalue weighted by Crippen LogP contribution is -2.18. The third kappa shape index (κ3) is 4.09. The van der Waals surface area contributed by atoms with Crippen LogP contribution in [0.2, 0.25) is 0 Å². The minimum Gasteiger partial charge on any atom is -0.322 e. The maximum absolute atomic E-state index is 13.3. The highest BCUT2D eigenvalue weighted by Gasteiger charge is 2.31. The SMILES string of the molecule is O=c1c(CCc2ccc(F)cc2)c(-c2ccc(C(F)(F)F)cn2)[nH]n1-c1nc2ccccc2[nH]1. The number of aromatic nitrogens is 5. The molecular formula is C24H17F4N5O. The molecule has 0 aliphatic rings. The van der Waals surface area contributed by atoms with E-state index in [4.69, 9.17) is 0 Å². The van der Waals surface area contributed by atoms with Gasteiger partial charge in [-0.15, -0.1) is 0 Å². The number of nitrogens with one attached hydrogen (secondary N) is 2. The van der Waals surface area contributed by atoms with Gasteiger partial charge in [0.1, 0.15) is 5.82 Å². The number of para-hydroxylation sites is 2. The first kappa shape index (κ1) is 21.6. The van der Waals surface area contributed by atoms with Gasteiger partial charge < -0.3 is 4.98 Å². The number of aryl methyl sites for hydroxylation is 1. The minimum absolute atomic E-state index is 0.189. The van der Waals surface area contributed by atoms with Gasteiger partial charge in [0.15, 0.2) is 0 Å². The summed E-state index contributed by atoms with van der Waals surface area (Å²) in [4.78, 5) is 24.8. The third-order valence-electron chi connectivity index (χ3n) is 5.50. The second-order valence-corrected chi connectivity index (χ2v) is 7.74. The van der Waals surface area contributed by atoms with Gasteiger partial charge in [-0.2, -0.15) is 17.9 Å². The maximum atomic E-state index is 13.3. The topological polar surface area (TPSA) is 79.4 Å². The Hall–Kier alpha value is -4.21. The van der Waals surface area contributed by atoms with Crippen LogP contribution in [0.5, 0.6) is 0 Å². The molecule has 3 aromatic heterocycles. The van der Waals surface area contributed by atoms with Crippen LogP contribution in [0.15, 0.2) is 71.7 Å². The van der Waals surface area contributed by atoms with Gasteiger partial charge in [0.25, 0.3) is 5.56 Å². The van der Waals surface area contributed by atoms with Gasteiger partial charge in [-0.3, -0.25) is 14.9 Å². The first-order valence-corrected chi connectivity index (χ1v) is 10.4. The van der Waals surface area contributed by atoms with Gasteiger partial charge in [-0.1, -0.05) is 24.3 Å². The van der Waals surface area contributed by atoms with Crippen LogP contribution in [0, 0.1) is 5.82 Å². The number of nitrogens with zero attached hydrogens (tertiary/aromatic N) is 3. The molecule has 6 nitrogen and oxygen atoms in total. The summed E-state index contributed by atoms with van der Waals surface area (Å²) in [5.41, 5.74) is 1.71. The average molecular weight is 467 g/mol. The highest BCUT2D eigenvalue weighted by atomic mass is 19.4. The summed E-state index contributed by atoms with van der Waals surface area (Å²) >= 11 is 0. The van der Waals surface area contributed by atoms with Crippen LogP contribution in [0.1, 0.15) is 16.7 Å². The molecule has 0 amide bonds. The summed E-state index contributed by atoms with van der Waals surface area (Å²) in [6, 6.07) is 15.3. The van der Waals surface area contributed by atoms with Crippen molar-refractivity contribution in [3.05, 3.63) is 99.7 Å². The van der Waals surface area contributed by atoms with Crippen molar-refractivity contribution in [2.75, 3.05) is 0 Å². The summed E-state index contributed by atoms with van der Waals surface area (Å²) in [5, 5.41) is 2.95. The summed E-state index contributed by atoms with van der Waals surface area (Å²) in [5.74, 6) is -0.125. The van der Waals surface area contributed by atoms with Crippen LogP contribution in [-0.2, 0) is 19.0 Å². The van der Waals surface area contributed by atoms with Crippen LogP contribution in [0.25, 0.3) is 28.4 Å².